The highest BCUT2D eigenvalue weighted by Gasteiger charge is 2.06. The highest BCUT2D eigenvalue weighted by atomic mass is 16.5. The molecule has 1 atom stereocenters. The summed E-state index contributed by atoms with van der Waals surface area (Å²) in [4.78, 5) is 0. The third-order valence-corrected chi connectivity index (χ3v) is 3.84. The van der Waals surface area contributed by atoms with Gasteiger partial charge in [-0.25, -0.2) is 0 Å². The van der Waals surface area contributed by atoms with Crippen molar-refractivity contribution < 1.29 is 4.74 Å². The smallest absolute Gasteiger partial charge is 0.0571 e. The van der Waals surface area contributed by atoms with E-state index in [1.807, 2.05) is 7.11 Å². The summed E-state index contributed by atoms with van der Waals surface area (Å²) in [6, 6.07) is 0. The van der Waals surface area contributed by atoms with Crippen molar-refractivity contribution >= 4 is 0 Å². The maximum absolute atomic E-state index is 5.58. The Balaban J connectivity index is 3.27. The lowest BCUT2D eigenvalue weighted by Gasteiger charge is -2.14. The standard InChI is InChI=1S/C17H36O/c1-4-6-8-10-11-12-14-16-17(18-3)15-13-9-7-5-2/h17H,4-16H2,1-3H3. The van der Waals surface area contributed by atoms with Crippen molar-refractivity contribution in [1.82, 2.24) is 0 Å². The summed E-state index contributed by atoms with van der Waals surface area (Å²) in [5.41, 5.74) is 0. The summed E-state index contributed by atoms with van der Waals surface area (Å²) >= 11 is 0. The number of hydrogen-bond donors (Lipinski definition) is 0. The van der Waals surface area contributed by atoms with Crippen LogP contribution in [0.4, 0.5) is 0 Å². The second kappa shape index (κ2) is 15.0. The zero-order valence-electron chi connectivity index (χ0n) is 13.2. The Kier molecular flexibility index (Phi) is 15.0. The van der Waals surface area contributed by atoms with Crippen molar-refractivity contribution in [2.45, 2.75) is 103 Å². The van der Waals surface area contributed by atoms with Gasteiger partial charge in [-0.05, 0) is 12.8 Å². The van der Waals surface area contributed by atoms with E-state index in [1.54, 1.807) is 0 Å². The van der Waals surface area contributed by atoms with Crippen molar-refractivity contribution in [3.8, 4) is 0 Å². The minimum atomic E-state index is 0.525. The van der Waals surface area contributed by atoms with Gasteiger partial charge in [0.05, 0.1) is 6.10 Å². The number of methoxy groups -OCH3 is 1. The molecule has 1 nitrogen and oxygen atoms in total. The summed E-state index contributed by atoms with van der Waals surface area (Å²) in [5.74, 6) is 0. The van der Waals surface area contributed by atoms with Crippen LogP contribution in [0.5, 0.6) is 0 Å². The van der Waals surface area contributed by atoms with Gasteiger partial charge < -0.3 is 4.74 Å². The number of ether oxygens (including phenoxy) is 1. The van der Waals surface area contributed by atoms with Crippen LogP contribution < -0.4 is 0 Å². The SMILES string of the molecule is CCCCCCCCCC(CCCCCC)OC. The van der Waals surface area contributed by atoms with Gasteiger partial charge in [-0.2, -0.15) is 0 Å². The minimum Gasteiger partial charge on any atom is -0.381 e. The molecule has 0 spiro atoms. The van der Waals surface area contributed by atoms with E-state index in [2.05, 4.69) is 13.8 Å². The molecular weight excluding hydrogens is 220 g/mol. The van der Waals surface area contributed by atoms with E-state index in [0.717, 1.165) is 0 Å². The molecule has 0 aromatic rings. The van der Waals surface area contributed by atoms with Crippen LogP contribution in [0, 0.1) is 0 Å². The van der Waals surface area contributed by atoms with Crippen LogP contribution in [-0.2, 0) is 4.74 Å². The first kappa shape index (κ1) is 18.0. The van der Waals surface area contributed by atoms with Gasteiger partial charge in [0.25, 0.3) is 0 Å². The summed E-state index contributed by atoms with van der Waals surface area (Å²) in [6.07, 6.45) is 18.3. The van der Waals surface area contributed by atoms with E-state index in [1.165, 1.54) is 83.5 Å². The molecule has 110 valence electrons. The predicted molar refractivity (Wildman–Crippen MR) is 82.2 cm³/mol. The quantitative estimate of drug-likeness (QED) is 0.341. The normalized spacial score (nSPS) is 12.8. The topological polar surface area (TPSA) is 9.23 Å². The molecular formula is C17H36O. The van der Waals surface area contributed by atoms with Crippen LogP contribution in [-0.4, -0.2) is 13.2 Å². The van der Waals surface area contributed by atoms with Crippen molar-refractivity contribution in [2.24, 2.45) is 0 Å². The Morgan fingerprint density at radius 3 is 1.44 bits per heavy atom. The van der Waals surface area contributed by atoms with Crippen molar-refractivity contribution in [3.05, 3.63) is 0 Å². The van der Waals surface area contributed by atoms with Crippen LogP contribution in [0.15, 0.2) is 0 Å². The summed E-state index contributed by atoms with van der Waals surface area (Å²) in [6.45, 7) is 4.55. The molecule has 0 bridgehead atoms. The van der Waals surface area contributed by atoms with Crippen molar-refractivity contribution in [3.63, 3.8) is 0 Å². The lowest BCUT2D eigenvalue weighted by molar-refractivity contribution is 0.0832. The Labute approximate surface area is 116 Å². The minimum absolute atomic E-state index is 0.525. The molecule has 0 aromatic carbocycles. The molecule has 0 radical (unpaired) electrons. The number of rotatable bonds is 14. The zero-order chi connectivity index (χ0) is 13.5. The summed E-state index contributed by atoms with van der Waals surface area (Å²) in [7, 11) is 1.88. The van der Waals surface area contributed by atoms with Gasteiger partial charge in [-0.3, -0.25) is 0 Å². The van der Waals surface area contributed by atoms with Gasteiger partial charge in [0.15, 0.2) is 0 Å². The van der Waals surface area contributed by atoms with E-state index in [-0.39, 0.29) is 0 Å². The predicted octanol–water partition coefficient (Wildman–Crippen LogP) is 6.11. The van der Waals surface area contributed by atoms with Gasteiger partial charge in [0, 0.05) is 7.11 Å². The fourth-order valence-electron chi connectivity index (χ4n) is 2.51. The molecule has 0 saturated heterocycles. The highest BCUT2D eigenvalue weighted by Crippen LogP contribution is 2.15. The van der Waals surface area contributed by atoms with E-state index < -0.39 is 0 Å². The second-order valence-electron chi connectivity index (χ2n) is 5.62. The fourth-order valence-corrected chi connectivity index (χ4v) is 2.51. The number of unbranched alkanes of at least 4 members (excludes halogenated alkanes) is 9. The van der Waals surface area contributed by atoms with Crippen molar-refractivity contribution in [2.75, 3.05) is 7.11 Å². The molecule has 0 N–H and O–H groups in total. The molecule has 0 aromatic heterocycles. The third-order valence-electron chi connectivity index (χ3n) is 3.84. The summed E-state index contributed by atoms with van der Waals surface area (Å²) in [5, 5.41) is 0. The van der Waals surface area contributed by atoms with Gasteiger partial charge in [-0.15, -0.1) is 0 Å². The first-order chi connectivity index (χ1) is 8.85. The van der Waals surface area contributed by atoms with Gasteiger partial charge in [-0.1, -0.05) is 84.5 Å². The van der Waals surface area contributed by atoms with Crippen LogP contribution in [0.3, 0.4) is 0 Å². The van der Waals surface area contributed by atoms with Gasteiger partial charge >= 0.3 is 0 Å². The van der Waals surface area contributed by atoms with Crippen LogP contribution >= 0.6 is 0 Å². The maximum atomic E-state index is 5.58. The lowest BCUT2D eigenvalue weighted by atomic mass is 10.0. The lowest BCUT2D eigenvalue weighted by Crippen LogP contribution is -2.10. The van der Waals surface area contributed by atoms with Crippen LogP contribution in [0.25, 0.3) is 0 Å². The average molecular weight is 256 g/mol. The Hall–Kier alpha value is -0.0400. The molecule has 1 unspecified atom stereocenters. The van der Waals surface area contributed by atoms with Crippen LogP contribution in [0.1, 0.15) is 97.3 Å². The molecule has 0 aliphatic carbocycles. The molecule has 1 heteroatoms. The van der Waals surface area contributed by atoms with Gasteiger partial charge in [0.1, 0.15) is 0 Å². The molecule has 0 aliphatic rings. The molecule has 0 heterocycles. The first-order valence-electron chi connectivity index (χ1n) is 8.37. The van der Waals surface area contributed by atoms with Gasteiger partial charge in [0.2, 0.25) is 0 Å². The summed E-state index contributed by atoms with van der Waals surface area (Å²) < 4.78 is 5.58. The molecule has 0 amide bonds. The second-order valence-corrected chi connectivity index (χ2v) is 5.62. The van der Waals surface area contributed by atoms with E-state index in [4.69, 9.17) is 4.74 Å². The molecule has 0 aliphatic heterocycles. The largest absolute Gasteiger partial charge is 0.381 e. The fraction of sp³-hybridized carbons (Fsp3) is 1.00. The number of hydrogen-bond acceptors (Lipinski definition) is 1. The molecule has 0 saturated carbocycles. The molecule has 0 fully saturated rings. The van der Waals surface area contributed by atoms with E-state index in [0.29, 0.717) is 6.10 Å². The average Bonchev–Trinajstić information content (AvgIpc) is 2.40. The maximum Gasteiger partial charge on any atom is 0.0571 e. The Morgan fingerprint density at radius 2 is 1.00 bits per heavy atom. The Morgan fingerprint density at radius 1 is 0.611 bits per heavy atom. The van der Waals surface area contributed by atoms with E-state index >= 15 is 0 Å². The van der Waals surface area contributed by atoms with Crippen LogP contribution in [0.2, 0.25) is 0 Å². The molecule has 0 rings (SSSR count). The first-order valence-corrected chi connectivity index (χ1v) is 8.37. The highest BCUT2D eigenvalue weighted by molar-refractivity contribution is 4.59. The van der Waals surface area contributed by atoms with E-state index in [9.17, 15) is 0 Å². The zero-order valence-corrected chi connectivity index (χ0v) is 13.2. The molecule has 18 heavy (non-hydrogen) atoms. The Bertz CT molecular complexity index is 145. The monoisotopic (exact) mass is 256 g/mol. The third kappa shape index (κ3) is 12.4. The van der Waals surface area contributed by atoms with Crippen molar-refractivity contribution in [1.29, 1.82) is 0 Å².